The minimum Gasteiger partial charge on any atom is -0.340 e. The lowest BCUT2D eigenvalue weighted by molar-refractivity contribution is -0.137. The highest BCUT2D eigenvalue weighted by Gasteiger charge is 2.30. The van der Waals surface area contributed by atoms with Crippen molar-refractivity contribution in [3.05, 3.63) is 53.3 Å². The Hall–Kier alpha value is -2.79. The predicted molar refractivity (Wildman–Crippen MR) is 82.0 cm³/mol. The van der Waals surface area contributed by atoms with E-state index in [2.05, 4.69) is 15.4 Å². The van der Waals surface area contributed by atoms with Crippen molar-refractivity contribution in [3.8, 4) is 6.07 Å². The molecule has 0 bridgehead atoms. The summed E-state index contributed by atoms with van der Waals surface area (Å²) in [6, 6.07) is 8.29. The topological polar surface area (TPSA) is 66.0 Å². The van der Waals surface area contributed by atoms with Gasteiger partial charge in [-0.05, 0) is 18.2 Å². The van der Waals surface area contributed by atoms with Crippen molar-refractivity contribution >= 4 is 28.8 Å². The van der Waals surface area contributed by atoms with E-state index in [-0.39, 0.29) is 22.8 Å². The molecule has 1 aromatic carbocycles. The van der Waals surface area contributed by atoms with Gasteiger partial charge in [0.1, 0.15) is 17.5 Å². The van der Waals surface area contributed by atoms with E-state index < -0.39 is 11.7 Å². The van der Waals surface area contributed by atoms with E-state index in [9.17, 15) is 13.2 Å². The predicted octanol–water partition coefficient (Wildman–Crippen LogP) is 4.10. The van der Waals surface area contributed by atoms with Gasteiger partial charge in [-0.3, -0.25) is 0 Å². The fourth-order valence-corrected chi connectivity index (χ4v) is 2.31. The van der Waals surface area contributed by atoms with Crippen molar-refractivity contribution in [2.75, 3.05) is 5.32 Å². The van der Waals surface area contributed by atoms with Crippen LogP contribution in [0.2, 0.25) is 0 Å². The van der Waals surface area contributed by atoms with Gasteiger partial charge in [-0.25, -0.2) is 4.98 Å². The third-order valence-corrected chi connectivity index (χ3v) is 3.52. The van der Waals surface area contributed by atoms with Gasteiger partial charge in [-0.1, -0.05) is 6.07 Å². The van der Waals surface area contributed by atoms with E-state index in [0.29, 0.717) is 11.5 Å². The molecule has 9 heteroatoms. The molecular formula is C15H9ClF3N5. The van der Waals surface area contributed by atoms with E-state index in [1.807, 2.05) is 6.07 Å². The summed E-state index contributed by atoms with van der Waals surface area (Å²) in [5, 5.41) is 16.0. The first-order valence-corrected chi connectivity index (χ1v) is 7.24. The molecule has 0 saturated heterocycles. The zero-order valence-electron chi connectivity index (χ0n) is 12.0. The number of benzene rings is 1. The molecule has 0 spiro atoms. The van der Waals surface area contributed by atoms with Gasteiger partial charge in [0.05, 0.1) is 23.3 Å². The normalized spacial score (nSPS) is 11.5. The second-order valence-corrected chi connectivity index (χ2v) is 5.14. The van der Waals surface area contributed by atoms with Crippen LogP contribution in [-0.2, 0) is 12.1 Å². The Balaban J connectivity index is 2.07. The summed E-state index contributed by atoms with van der Waals surface area (Å²) in [7, 11) is 0. The summed E-state index contributed by atoms with van der Waals surface area (Å²) >= 11 is 5.80. The maximum Gasteiger partial charge on any atom is 0.416 e. The van der Waals surface area contributed by atoms with Crippen LogP contribution in [-0.4, -0.2) is 14.6 Å². The molecule has 0 atom stereocenters. The lowest BCUT2D eigenvalue weighted by Gasteiger charge is -2.12. The highest BCUT2D eigenvalue weighted by Crippen LogP contribution is 2.31. The van der Waals surface area contributed by atoms with Crippen LogP contribution >= 0.6 is 11.6 Å². The molecule has 2 aromatic heterocycles. The Morgan fingerprint density at radius 1 is 1.29 bits per heavy atom. The Bertz CT molecular complexity index is 942. The number of nitrogens with one attached hydrogen (secondary N) is 1. The molecule has 0 unspecified atom stereocenters. The Morgan fingerprint density at radius 3 is 2.75 bits per heavy atom. The van der Waals surface area contributed by atoms with Crippen molar-refractivity contribution in [2.45, 2.75) is 12.1 Å². The van der Waals surface area contributed by atoms with Crippen molar-refractivity contribution in [3.63, 3.8) is 0 Å². The maximum absolute atomic E-state index is 12.8. The second-order valence-electron chi connectivity index (χ2n) is 4.88. The standard InChI is InChI=1S/C15H9ClF3N5/c16-6-12-5-13(24-14(23-12)9(7-20)8-21-24)22-11-3-1-2-10(4-11)15(17,18)19/h1-5,8,22H,6H2. The SMILES string of the molecule is N#Cc1cnn2c(Nc3cccc(C(F)(F)F)c3)cc(CCl)nc12. The number of halogens is 4. The smallest absolute Gasteiger partial charge is 0.340 e. The van der Waals surface area contributed by atoms with E-state index in [0.717, 1.165) is 12.1 Å². The first-order chi connectivity index (χ1) is 11.4. The molecular weight excluding hydrogens is 343 g/mol. The van der Waals surface area contributed by atoms with Crippen LogP contribution in [0.4, 0.5) is 24.7 Å². The molecule has 0 radical (unpaired) electrons. The van der Waals surface area contributed by atoms with Crippen molar-refractivity contribution in [2.24, 2.45) is 0 Å². The fraction of sp³-hybridized carbons (Fsp3) is 0.133. The number of hydrogen-bond donors (Lipinski definition) is 1. The first kappa shape index (κ1) is 16.1. The van der Waals surface area contributed by atoms with Crippen LogP contribution in [0, 0.1) is 11.3 Å². The minimum absolute atomic E-state index is 0.0871. The van der Waals surface area contributed by atoms with Gasteiger partial charge in [-0.2, -0.15) is 28.0 Å². The molecule has 0 amide bonds. The third kappa shape index (κ3) is 2.98. The molecule has 0 aliphatic heterocycles. The van der Waals surface area contributed by atoms with Crippen molar-refractivity contribution in [1.82, 2.24) is 14.6 Å². The van der Waals surface area contributed by atoms with Crippen LogP contribution in [0.15, 0.2) is 36.5 Å². The average Bonchev–Trinajstić information content (AvgIpc) is 2.97. The van der Waals surface area contributed by atoms with Crippen molar-refractivity contribution < 1.29 is 13.2 Å². The van der Waals surface area contributed by atoms with Crippen molar-refractivity contribution in [1.29, 1.82) is 5.26 Å². The summed E-state index contributed by atoms with van der Waals surface area (Å²) in [4.78, 5) is 4.21. The lowest BCUT2D eigenvalue weighted by atomic mass is 10.2. The number of fused-ring (bicyclic) bond motifs is 1. The third-order valence-electron chi connectivity index (χ3n) is 3.24. The molecule has 122 valence electrons. The first-order valence-electron chi connectivity index (χ1n) is 6.70. The number of aromatic nitrogens is 3. The molecule has 5 nitrogen and oxygen atoms in total. The molecule has 3 rings (SSSR count). The molecule has 24 heavy (non-hydrogen) atoms. The second kappa shape index (κ2) is 6.02. The number of anilines is 2. The zero-order chi connectivity index (χ0) is 17.3. The summed E-state index contributed by atoms with van der Waals surface area (Å²) in [6.07, 6.45) is -3.11. The van der Waals surface area contributed by atoms with Gasteiger partial charge in [0.15, 0.2) is 5.65 Å². The van der Waals surface area contributed by atoms with Crippen LogP contribution in [0.3, 0.4) is 0 Å². The number of rotatable bonds is 3. The maximum atomic E-state index is 12.8. The molecule has 3 aromatic rings. The Morgan fingerprint density at radius 2 is 2.08 bits per heavy atom. The van der Waals surface area contributed by atoms with Gasteiger partial charge in [0.25, 0.3) is 0 Å². The zero-order valence-corrected chi connectivity index (χ0v) is 12.7. The number of nitrogens with zero attached hydrogens (tertiary/aromatic N) is 4. The van der Waals surface area contributed by atoms with Gasteiger partial charge < -0.3 is 5.32 Å². The van der Waals surface area contributed by atoms with E-state index in [1.54, 1.807) is 6.07 Å². The lowest BCUT2D eigenvalue weighted by Crippen LogP contribution is -2.07. The van der Waals surface area contributed by atoms with E-state index >= 15 is 0 Å². The molecule has 2 heterocycles. The van der Waals surface area contributed by atoms with E-state index in [4.69, 9.17) is 16.9 Å². The molecule has 1 N–H and O–H groups in total. The summed E-state index contributed by atoms with van der Waals surface area (Å²) in [5.41, 5.74) is 0.454. The Labute approximate surface area is 139 Å². The number of nitriles is 1. The highest BCUT2D eigenvalue weighted by atomic mass is 35.5. The largest absolute Gasteiger partial charge is 0.416 e. The monoisotopic (exact) mass is 351 g/mol. The summed E-state index contributed by atoms with van der Waals surface area (Å²) in [6.45, 7) is 0. The summed E-state index contributed by atoms with van der Waals surface area (Å²) in [5.74, 6) is 0.445. The van der Waals surface area contributed by atoms with Gasteiger partial charge in [0, 0.05) is 11.8 Å². The van der Waals surface area contributed by atoms with Crippen LogP contribution < -0.4 is 5.32 Å². The highest BCUT2D eigenvalue weighted by molar-refractivity contribution is 6.16. The molecule has 0 saturated carbocycles. The Kier molecular flexibility index (Phi) is 4.03. The van der Waals surface area contributed by atoms with Gasteiger partial charge >= 0.3 is 6.18 Å². The fourth-order valence-electron chi connectivity index (χ4n) is 2.17. The summed E-state index contributed by atoms with van der Waals surface area (Å²) < 4.78 is 39.8. The molecule has 0 aliphatic rings. The average molecular weight is 352 g/mol. The van der Waals surface area contributed by atoms with E-state index in [1.165, 1.54) is 22.8 Å². The van der Waals surface area contributed by atoms with Crippen LogP contribution in [0.5, 0.6) is 0 Å². The number of hydrogen-bond acceptors (Lipinski definition) is 4. The molecule has 0 aliphatic carbocycles. The van der Waals surface area contributed by atoms with Gasteiger partial charge in [-0.15, -0.1) is 11.6 Å². The minimum atomic E-state index is -4.44. The van der Waals surface area contributed by atoms with Crippen LogP contribution in [0.1, 0.15) is 16.8 Å². The molecule has 0 fully saturated rings. The van der Waals surface area contributed by atoms with Crippen LogP contribution in [0.25, 0.3) is 5.65 Å². The number of alkyl halides is 4. The van der Waals surface area contributed by atoms with Gasteiger partial charge in [0.2, 0.25) is 0 Å². The quantitative estimate of drug-likeness (QED) is 0.721.